The summed E-state index contributed by atoms with van der Waals surface area (Å²) in [5.41, 5.74) is 0. The van der Waals surface area contributed by atoms with E-state index in [2.05, 4.69) is 21.3 Å². The summed E-state index contributed by atoms with van der Waals surface area (Å²) in [4.78, 5) is 0. The number of hydrogen-bond donors (Lipinski definition) is 4. The van der Waals surface area contributed by atoms with E-state index in [1.165, 1.54) is 0 Å². The van der Waals surface area contributed by atoms with Gasteiger partial charge in [0.1, 0.15) is 0 Å². The molecule has 0 atom stereocenters. The summed E-state index contributed by atoms with van der Waals surface area (Å²) in [7, 11) is 15.0. The van der Waals surface area contributed by atoms with Crippen LogP contribution in [0.4, 0.5) is 0 Å². The van der Waals surface area contributed by atoms with Gasteiger partial charge in [0.2, 0.25) is 0 Å². The molecule has 13 heavy (non-hydrogen) atoms. The van der Waals surface area contributed by atoms with Crippen LogP contribution in [0.1, 0.15) is 0 Å². The first-order valence-electron chi connectivity index (χ1n) is 4.00. The summed E-state index contributed by atoms with van der Waals surface area (Å²) in [6.45, 7) is 0. The van der Waals surface area contributed by atoms with Crippen molar-refractivity contribution in [2.24, 2.45) is 0 Å². The largest absolute Gasteiger partial charge is 0.323 e. The third-order valence-corrected chi connectivity index (χ3v) is 0. The van der Waals surface area contributed by atoms with E-state index in [1.807, 2.05) is 56.4 Å². The van der Waals surface area contributed by atoms with Gasteiger partial charge in [-0.15, -0.1) is 0 Å². The summed E-state index contributed by atoms with van der Waals surface area (Å²) in [5, 5.41) is 11.0. The number of rotatable bonds is 0. The van der Waals surface area contributed by atoms with Crippen LogP contribution in [0.5, 0.6) is 0 Å². The fourth-order valence-corrected chi connectivity index (χ4v) is 0. The molecule has 0 spiro atoms. The molecule has 0 aliphatic rings. The molecule has 0 aromatic rings. The Balaban J connectivity index is -0.0000000213. The Labute approximate surface area is 102 Å². The molecule has 84 valence electrons. The maximum absolute atomic E-state index is 2.75. The quantitative estimate of drug-likeness (QED) is 0.432. The normalized spacial score (nSPS) is 5.54. The monoisotopic (exact) mass is 300 g/mol. The maximum atomic E-state index is 2.75. The van der Waals surface area contributed by atoms with E-state index < -0.39 is 0 Å². The summed E-state index contributed by atoms with van der Waals surface area (Å²) in [6, 6.07) is 0. The Morgan fingerprint density at radius 3 is 0.385 bits per heavy atom. The first-order chi connectivity index (χ1) is 5.66. The van der Waals surface area contributed by atoms with Crippen LogP contribution in [0.15, 0.2) is 0 Å². The minimum absolute atomic E-state index is 0. The molecule has 0 unspecified atom stereocenters. The van der Waals surface area contributed by atoms with Crippen molar-refractivity contribution in [3.05, 3.63) is 0 Å². The minimum Gasteiger partial charge on any atom is -0.323 e. The molecule has 0 aliphatic carbocycles. The van der Waals surface area contributed by atoms with Crippen molar-refractivity contribution in [1.82, 2.24) is 21.3 Å². The second kappa shape index (κ2) is 79.6. The Bertz CT molecular complexity index is 24.1. The van der Waals surface area contributed by atoms with Gasteiger partial charge in [0.15, 0.2) is 0 Å². The first kappa shape index (κ1) is 29.2. The fraction of sp³-hybridized carbons (Fsp3) is 1.00. The predicted molar refractivity (Wildman–Crippen MR) is 65.7 cm³/mol. The predicted octanol–water partition coefficient (Wildman–Crippen LogP) is -1.04. The summed E-state index contributed by atoms with van der Waals surface area (Å²) >= 11 is 0. The third kappa shape index (κ3) is 3510. The van der Waals surface area contributed by atoms with E-state index in [1.54, 1.807) is 0 Å². The molecule has 4 radical (unpaired) electrons. The van der Waals surface area contributed by atoms with Crippen molar-refractivity contribution in [2.75, 3.05) is 56.4 Å². The average Bonchev–Trinajstić information content (AvgIpc) is 1.92. The van der Waals surface area contributed by atoms with E-state index in [0.717, 1.165) is 0 Å². The zero-order chi connectivity index (χ0) is 10.8. The molecule has 0 amide bonds. The molecule has 4 N–H and O–H groups in total. The molecule has 0 rings (SSSR count). The van der Waals surface area contributed by atoms with Gasteiger partial charge in [-0.25, -0.2) is 0 Å². The van der Waals surface area contributed by atoms with Gasteiger partial charge in [0, 0.05) is 23.9 Å². The number of nitrogens with one attached hydrogen (secondary N) is 4. The van der Waals surface area contributed by atoms with Crippen molar-refractivity contribution in [3.63, 3.8) is 0 Å². The van der Waals surface area contributed by atoms with E-state index in [-0.39, 0.29) is 23.9 Å². The Hall–Kier alpha value is 0.639. The van der Waals surface area contributed by atoms with Crippen molar-refractivity contribution >= 4 is 23.9 Å². The molecule has 0 saturated carbocycles. The molecule has 0 aromatic heterocycles. The molecule has 0 heterocycles. The molecule has 4 nitrogen and oxygen atoms in total. The summed E-state index contributed by atoms with van der Waals surface area (Å²) < 4.78 is 0. The minimum atomic E-state index is 0. The van der Waals surface area contributed by atoms with E-state index in [9.17, 15) is 0 Å². The zero-order valence-corrected chi connectivity index (χ0v) is 13.4. The van der Waals surface area contributed by atoms with Crippen LogP contribution in [0, 0.1) is 0 Å². The van der Waals surface area contributed by atoms with Crippen LogP contribution >= 0.6 is 0 Å². The van der Waals surface area contributed by atoms with Crippen LogP contribution in [0.2, 0.25) is 0 Å². The van der Waals surface area contributed by atoms with Gasteiger partial charge in [0.25, 0.3) is 0 Å². The van der Waals surface area contributed by atoms with Crippen LogP contribution in [0.3, 0.4) is 0 Å². The van der Waals surface area contributed by atoms with Gasteiger partial charge >= 0.3 is 0 Å². The van der Waals surface area contributed by atoms with Crippen molar-refractivity contribution < 1.29 is 0 Å². The summed E-state index contributed by atoms with van der Waals surface area (Å²) in [6.07, 6.45) is 0. The van der Waals surface area contributed by atoms with Crippen LogP contribution < -0.4 is 21.3 Å². The van der Waals surface area contributed by atoms with Gasteiger partial charge in [-0.3, -0.25) is 0 Å². The van der Waals surface area contributed by atoms with Crippen molar-refractivity contribution in [2.45, 2.75) is 0 Å². The van der Waals surface area contributed by atoms with Gasteiger partial charge in [-0.05, 0) is 56.4 Å². The Kier molecular flexibility index (Phi) is 179. The SMILES string of the molecule is CNC.CNC.CNC.CNC.[Sn]. The third-order valence-electron chi connectivity index (χ3n) is 0. The smallest absolute Gasteiger partial charge is 0 e. The van der Waals surface area contributed by atoms with Crippen LogP contribution in [-0.2, 0) is 0 Å². The number of hydrogen-bond acceptors (Lipinski definition) is 4. The molecule has 0 fully saturated rings. The standard InChI is InChI=1S/4C2H7N.Sn/c4*1-3-2;/h4*3H,1-2H3;. The zero-order valence-electron chi connectivity index (χ0n) is 10.5. The molecule has 0 aliphatic heterocycles. The van der Waals surface area contributed by atoms with E-state index in [4.69, 9.17) is 0 Å². The topological polar surface area (TPSA) is 48.1 Å². The molecule has 0 aromatic carbocycles. The molecule has 0 saturated heterocycles. The van der Waals surface area contributed by atoms with E-state index in [0.29, 0.717) is 0 Å². The second-order valence-corrected chi connectivity index (χ2v) is 2.00. The maximum Gasteiger partial charge on any atom is 0 e. The second-order valence-electron chi connectivity index (χ2n) is 2.00. The first-order valence-corrected chi connectivity index (χ1v) is 4.00. The molecular formula is C8H28N4Sn. The Morgan fingerprint density at radius 1 is 0.385 bits per heavy atom. The van der Waals surface area contributed by atoms with E-state index >= 15 is 0 Å². The molecular weight excluding hydrogens is 271 g/mol. The van der Waals surface area contributed by atoms with Gasteiger partial charge in [-0.1, -0.05) is 0 Å². The van der Waals surface area contributed by atoms with Gasteiger partial charge in [0.05, 0.1) is 0 Å². The molecule has 5 heteroatoms. The van der Waals surface area contributed by atoms with Gasteiger partial charge in [-0.2, -0.15) is 0 Å². The fourth-order valence-electron chi connectivity index (χ4n) is 0. The van der Waals surface area contributed by atoms with Crippen molar-refractivity contribution in [3.8, 4) is 0 Å². The van der Waals surface area contributed by atoms with Gasteiger partial charge < -0.3 is 21.3 Å². The van der Waals surface area contributed by atoms with Crippen molar-refractivity contribution in [1.29, 1.82) is 0 Å². The average molecular weight is 299 g/mol. The molecule has 0 bridgehead atoms. The Morgan fingerprint density at radius 2 is 0.385 bits per heavy atom. The summed E-state index contributed by atoms with van der Waals surface area (Å²) in [5.74, 6) is 0. The van der Waals surface area contributed by atoms with Crippen LogP contribution in [0.25, 0.3) is 0 Å². The van der Waals surface area contributed by atoms with Crippen LogP contribution in [-0.4, -0.2) is 80.3 Å².